The number of aryl methyl sites for hydroxylation is 1. The second kappa shape index (κ2) is 8.00. The first-order valence-corrected chi connectivity index (χ1v) is 10.7. The largest absolute Gasteiger partial charge is 0.381 e. The summed E-state index contributed by atoms with van der Waals surface area (Å²) < 4.78 is 7.27. The van der Waals surface area contributed by atoms with Gasteiger partial charge in [-0.3, -0.25) is 14.3 Å². The van der Waals surface area contributed by atoms with Gasteiger partial charge in [0.05, 0.1) is 17.2 Å². The number of ether oxygens (including phenoxy) is 1. The van der Waals surface area contributed by atoms with Crippen LogP contribution in [0.1, 0.15) is 42.6 Å². The van der Waals surface area contributed by atoms with E-state index in [1.807, 2.05) is 24.4 Å². The molecule has 0 atom stereocenters. The third-order valence-corrected chi connectivity index (χ3v) is 6.11. The van der Waals surface area contributed by atoms with Crippen LogP contribution in [-0.4, -0.2) is 27.7 Å². The van der Waals surface area contributed by atoms with Crippen molar-refractivity contribution in [2.75, 3.05) is 13.2 Å². The lowest BCUT2D eigenvalue weighted by atomic mass is 9.96. The molecule has 0 N–H and O–H groups in total. The van der Waals surface area contributed by atoms with Crippen molar-refractivity contribution >= 4 is 21.7 Å². The van der Waals surface area contributed by atoms with E-state index < -0.39 is 0 Å². The predicted octanol–water partition coefficient (Wildman–Crippen LogP) is 4.45. The quantitative estimate of drug-likeness (QED) is 0.476. The van der Waals surface area contributed by atoms with E-state index in [2.05, 4.69) is 36.2 Å². The predicted molar refractivity (Wildman–Crippen MR) is 119 cm³/mol. The molecular weight excluding hydrogens is 374 g/mol. The average Bonchev–Trinajstić information content (AvgIpc) is 2.81. The van der Waals surface area contributed by atoms with Crippen LogP contribution in [0, 0.1) is 0 Å². The van der Waals surface area contributed by atoms with E-state index in [0.717, 1.165) is 58.8 Å². The highest BCUT2D eigenvalue weighted by molar-refractivity contribution is 6.06. The van der Waals surface area contributed by atoms with Gasteiger partial charge < -0.3 is 4.74 Å². The lowest BCUT2D eigenvalue weighted by Gasteiger charge is -2.24. The smallest absolute Gasteiger partial charge is 0.261 e. The zero-order chi connectivity index (χ0) is 20.5. The van der Waals surface area contributed by atoms with E-state index in [9.17, 15) is 4.79 Å². The number of hydrogen-bond donors (Lipinski definition) is 0. The summed E-state index contributed by atoms with van der Waals surface area (Å²) in [4.78, 5) is 22.7. The first kappa shape index (κ1) is 18.9. The molecule has 0 saturated carbocycles. The minimum absolute atomic E-state index is 0.0401. The summed E-state index contributed by atoms with van der Waals surface area (Å²) in [5, 5.41) is 2.86. The number of pyridine rings is 1. The number of rotatable bonds is 4. The second-order valence-electron chi connectivity index (χ2n) is 7.97. The molecule has 1 saturated heterocycles. The summed E-state index contributed by atoms with van der Waals surface area (Å²) in [6, 6.07) is 14.6. The van der Waals surface area contributed by atoms with Crippen LogP contribution in [0.5, 0.6) is 0 Å². The maximum Gasteiger partial charge on any atom is 0.261 e. The Bertz CT molecular complexity index is 1260. The van der Waals surface area contributed by atoms with Crippen LogP contribution < -0.4 is 5.56 Å². The van der Waals surface area contributed by atoms with Gasteiger partial charge in [0.2, 0.25) is 0 Å². The topological polar surface area (TPSA) is 57.0 Å². The van der Waals surface area contributed by atoms with Crippen molar-refractivity contribution in [3.05, 3.63) is 82.2 Å². The molecular formula is C25H25N3O2. The molecule has 0 unspecified atom stereocenters. The average molecular weight is 399 g/mol. The number of benzene rings is 2. The van der Waals surface area contributed by atoms with Crippen LogP contribution in [0.4, 0.5) is 0 Å². The van der Waals surface area contributed by atoms with Gasteiger partial charge in [-0.25, -0.2) is 4.98 Å². The van der Waals surface area contributed by atoms with Crippen molar-refractivity contribution in [2.45, 2.75) is 38.6 Å². The first-order valence-electron chi connectivity index (χ1n) is 10.7. The first-order chi connectivity index (χ1) is 14.7. The molecule has 5 nitrogen and oxygen atoms in total. The van der Waals surface area contributed by atoms with Crippen LogP contribution in [0.3, 0.4) is 0 Å². The molecule has 152 valence electrons. The lowest BCUT2D eigenvalue weighted by molar-refractivity contribution is 0.0685. The van der Waals surface area contributed by atoms with E-state index in [-0.39, 0.29) is 11.6 Å². The van der Waals surface area contributed by atoms with Crippen molar-refractivity contribution in [2.24, 2.45) is 0 Å². The SMILES string of the molecule is CCc1ccc(Cc2cc3c(=O)n(C4CCOCC4)cnc3c3ccccc23)cn1. The molecule has 0 spiro atoms. The highest BCUT2D eigenvalue weighted by Crippen LogP contribution is 2.28. The third kappa shape index (κ3) is 3.39. The van der Waals surface area contributed by atoms with Crippen LogP contribution in [0.25, 0.3) is 21.7 Å². The third-order valence-electron chi connectivity index (χ3n) is 6.11. The van der Waals surface area contributed by atoms with Gasteiger partial charge in [0.25, 0.3) is 5.56 Å². The van der Waals surface area contributed by atoms with Gasteiger partial charge in [0, 0.05) is 36.5 Å². The Labute approximate surface area is 175 Å². The molecule has 4 aromatic rings. The van der Waals surface area contributed by atoms with Crippen molar-refractivity contribution in [1.29, 1.82) is 0 Å². The van der Waals surface area contributed by atoms with Crippen molar-refractivity contribution < 1.29 is 4.74 Å². The molecule has 1 aliphatic rings. The van der Waals surface area contributed by atoms with E-state index in [1.165, 1.54) is 0 Å². The zero-order valence-corrected chi connectivity index (χ0v) is 17.2. The molecule has 1 fully saturated rings. The lowest BCUT2D eigenvalue weighted by Crippen LogP contribution is -2.29. The number of hydrogen-bond acceptors (Lipinski definition) is 4. The normalized spacial score (nSPS) is 15.1. The van der Waals surface area contributed by atoms with Crippen LogP contribution in [0.2, 0.25) is 0 Å². The fraction of sp³-hybridized carbons (Fsp3) is 0.320. The van der Waals surface area contributed by atoms with Gasteiger partial charge in [-0.15, -0.1) is 0 Å². The summed E-state index contributed by atoms with van der Waals surface area (Å²) >= 11 is 0. The fourth-order valence-corrected chi connectivity index (χ4v) is 4.41. The Balaban J connectivity index is 1.66. The maximum atomic E-state index is 13.4. The second-order valence-corrected chi connectivity index (χ2v) is 7.97. The molecule has 2 aromatic heterocycles. The monoisotopic (exact) mass is 399 g/mol. The highest BCUT2D eigenvalue weighted by atomic mass is 16.5. The van der Waals surface area contributed by atoms with Gasteiger partial charge in [0.1, 0.15) is 0 Å². The standard InChI is InChI=1S/C25H25N3O2/c1-2-19-8-7-17(15-26-19)13-18-14-23-24(22-6-4-3-5-21(18)22)27-16-28(25(23)29)20-9-11-30-12-10-20/h3-8,14-16,20H,2,9-13H2,1H3. The molecule has 5 rings (SSSR count). The Morgan fingerprint density at radius 3 is 2.57 bits per heavy atom. The summed E-state index contributed by atoms with van der Waals surface area (Å²) in [5.74, 6) is 0. The summed E-state index contributed by atoms with van der Waals surface area (Å²) in [6.45, 7) is 3.49. The summed E-state index contributed by atoms with van der Waals surface area (Å²) in [5.41, 5.74) is 4.18. The van der Waals surface area contributed by atoms with E-state index in [1.54, 1.807) is 10.9 Å². The molecule has 0 bridgehead atoms. The zero-order valence-electron chi connectivity index (χ0n) is 17.2. The minimum atomic E-state index is 0.0401. The fourth-order valence-electron chi connectivity index (χ4n) is 4.41. The molecule has 0 radical (unpaired) electrons. The van der Waals surface area contributed by atoms with Gasteiger partial charge >= 0.3 is 0 Å². The number of aromatic nitrogens is 3. The van der Waals surface area contributed by atoms with Crippen LogP contribution >= 0.6 is 0 Å². The van der Waals surface area contributed by atoms with E-state index in [4.69, 9.17) is 9.72 Å². The Morgan fingerprint density at radius 2 is 1.83 bits per heavy atom. The van der Waals surface area contributed by atoms with Gasteiger partial charge in [-0.2, -0.15) is 0 Å². The molecule has 0 amide bonds. The van der Waals surface area contributed by atoms with E-state index in [0.29, 0.717) is 18.6 Å². The van der Waals surface area contributed by atoms with Crippen LogP contribution in [0.15, 0.2) is 59.8 Å². The maximum absolute atomic E-state index is 13.4. The highest BCUT2D eigenvalue weighted by Gasteiger charge is 2.19. The molecule has 5 heteroatoms. The molecule has 0 aliphatic carbocycles. The summed E-state index contributed by atoms with van der Waals surface area (Å²) in [7, 11) is 0. The Kier molecular flexibility index (Phi) is 5.05. The number of nitrogens with zero attached hydrogens (tertiary/aromatic N) is 3. The van der Waals surface area contributed by atoms with Crippen molar-refractivity contribution in [3.8, 4) is 0 Å². The Morgan fingerprint density at radius 1 is 1.03 bits per heavy atom. The number of fused-ring (bicyclic) bond motifs is 3. The summed E-state index contributed by atoms with van der Waals surface area (Å²) in [6.07, 6.45) is 7.03. The molecule has 30 heavy (non-hydrogen) atoms. The van der Waals surface area contributed by atoms with Crippen molar-refractivity contribution in [3.63, 3.8) is 0 Å². The van der Waals surface area contributed by atoms with Gasteiger partial charge in [-0.05, 0) is 54.3 Å². The van der Waals surface area contributed by atoms with Crippen LogP contribution in [-0.2, 0) is 17.6 Å². The van der Waals surface area contributed by atoms with Gasteiger partial charge in [-0.1, -0.05) is 37.3 Å². The molecule has 3 heterocycles. The van der Waals surface area contributed by atoms with E-state index >= 15 is 0 Å². The van der Waals surface area contributed by atoms with Gasteiger partial charge in [0.15, 0.2) is 0 Å². The Hall–Kier alpha value is -3.05. The molecule has 1 aliphatic heterocycles. The minimum Gasteiger partial charge on any atom is -0.381 e. The molecule has 2 aromatic carbocycles. The van der Waals surface area contributed by atoms with Crippen molar-refractivity contribution in [1.82, 2.24) is 14.5 Å².